The van der Waals surface area contributed by atoms with Crippen LogP contribution in [0.25, 0.3) is 0 Å². The first-order chi connectivity index (χ1) is 5.58. The first kappa shape index (κ1) is 9.43. The average molecular weight is 168 g/mol. The third-order valence-electron chi connectivity index (χ3n) is 3.20. The van der Waals surface area contributed by atoms with Gasteiger partial charge in [0, 0.05) is 19.3 Å². The number of rotatable bonds is 2. The van der Waals surface area contributed by atoms with Gasteiger partial charge < -0.3 is 4.79 Å². The summed E-state index contributed by atoms with van der Waals surface area (Å²) in [6.07, 6.45) is 3.71. The standard InChI is InChI=1S/C10H16O2/c1-8-3-4-9(12)7-10(8,2)5-6-11/h6,8H,3-5,7H2,1-2H3/t8-,10-/m0/s1. The fourth-order valence-electron chi connectivity index (χ4n) is 1.90. The van der Waals surface area contributed by atoms with Crippen molar-refractivity contribution in [3.8, 4) is 0 Å². The van der Waals surface area contributed by atoms with Crippen molar-refractivity contribution in [3.63, 3.8) is 0 Å². The van der Waals surface area contributed by atoms with Crippen molar-refractivity contribution in [3.05, 3.63) is 0 Å². The molecule has 2 heteroatoms. The second kappa shape index (κ2) is 3.38. The van der Waals surface area contributed by atoms with Gasteiger partial charge in [-0.3, -0.25) is 4.79 Å². The van der Waals surface area contributed by atoms with Gasteiger partial charge in [0.05, 0.1) is 0 Å². The zero-order valence-electron chi connectivity index (χ0n) is 7.80. The van der Waals surface area contributed by atoms with Crippen molar-refractivity contribution in [1.29, 1.82) is 0 Å². The number of carbonyl (C=O) groups excluding carboxylic acids is 2. The van der Waals surface area contributed by atoms with E-state index in [2.05, 4.69) is 6.92 Å². The predicted molar refractivity (Wildman–Crippen MR) is 46.8 cm³/mol. The van der Waals surface area contributed by atoms with Crippen molar-refractivity contribution in [2.75, 3.05) is 0 Å². The van der Waals surface area contributed by atoms with E-state index in [4.69, 9.17) is 0 Å². The summed E-state index contributed by atoms with van der Waals surface area (Å²) in [6.45, 7) is 4.18. The van der Waals surface area contributed by atoms with Gasteiger partial charge in [-0.1, -0.05) is 13.8 Å². The topological polar surface area (TPSA) is 34.1 Å². The van der Waals surface area contributed by atoms with Gasteiger partial charge in [-0.2, -0.15) is 0 Å². The number of ketones is 1. The summed E-state index contributed by atoms with van der Waals surface area (Å²) in [5.41, 5.74) is -0.0584. The SMILES string of the molecule is C[C@H]1CCC(=O)C[C@]1(C)CC=O. The van der Waals surface area contributed by atoms with E-state index in [1.165, 1.54) is 0 Å². The Balaban J connectivity index is 2.69. The molecule has 68 valence electrons. The molecule has 1 rings (SSSR count). The molecule has 0 spiro atoms. The normalized spacial score (nSPS) is 36.5. The zero-order valence-corrected chi connectivity index (χ0v) is 7.80. The fraction of sp³-hybridized carbons (Fsp3) is 0.800. The van der Waals surface area contributed by atoms with Crippen LogP contribution in [0.2, 0.25) is 0 Å². The van der Waals surface area contributed by atoms with Gasteiger partial charge in [-0.15, -0.1) is 0 Å². The molecule has 0 amide bonds. The molecule has 2 nitrogen and oxygen atoms in total. The minimum Gasteiger partial charge on any atom is -0.303 e. The fourth-order valence-corrected chi connectivity index (χ4v) is 1.90. The lowest BCUT2D eigenvalue weighted by Crippen LogP contribution is -2.33. The molecule has 2 atom stereocenters. The molecule has 0 aliphatic heterocycles. The lowest BCUT2D eigenvalue weighted by Gasteiger charge is -2.37. The molecule has 0 heterocycles. The molecule has 1 aliphatic rings. The van der Waals surface area contributed by atoms with E-state index in [1.807, 2.05) is 6.92 Å². The molecule has 0 aromatic heterocycles. The first-order valence-electron chi connectivity index (χ1n) is 4.54. The van der Waals surface area contributed by atoms with Gasteiger partial charge in [0.1, 0.15) is 12.1 Å². The molecule has 1 fully saturated rings. The first-order valence-corrected chi connectivity index (χ1v) is 4.54. The van der Waals surface area contributed by atoms with E-state index in [9.17, 15) is 9.59 Å². The maximum atomic E-state index is 11.2. The minimum absolute atomic E-state index is 0.0584. The van der Waals surface area contributed by atoms with Crippen LogP contribution in [0.15, 0.2) is 0 Å². The van der Waals surface area contributed by atoms with Crippen LogP contribution in [-0.2, 0) is 9.59 Å². The van der Waals surface area contributed by atoms with Crippen LogP contribution in [0.1, 0.15) is 39.5 Å². The van der Waals surface area contributed by atoms with Crippen LogP contribution in [0.3, 0.4) is 0 Å². The van der Waals surface area contributed by atoms with Crippen molar-refractivity contribution < 1.29 is 9.59 Å². The van der Waals surface area contributed by atoms with E-state index in [1.54, 1.807) is 0 Å². The molecule has 0 N–H and O–H groups in total. The van der Waals surface area contributed by atoms with Crippen molar-refractivity contribution in [2.45, 2.75) is 39.5 Å². The molecular formula is C10H16O2. The Morgan fingerprint density at radius 1 is 1.67 bits per heavy atom. The molecule has 0 unspecified atom stereocenters. The summed E-state index contributed by atoms with van der Waals surface area (Å²) in [7, 11) is 0. The van der Waals surface area contributed by atoms with Gasteiger partial charge in [0.25, 0.3) is 0 Å². The highest BCUT2D eigenvalue weighted by Crippen LogP contribution is 2.41. The molecule has 0 radical (unpaired) electrons. The summed E-state index contributed by atoms with van der Waals surface area (Å²) in [4.78, 5) is 21.6. The van der Waals surface area contributed by atoms with E-state index < -0.39 is 0 Å². The molecule has 0 aromatic rings. The largest absolute Gasteiger partial charge is 0.303 e. The number of aldehydes is 1. The van der Waals surface area contributed by atoms with E-state index in [0.717, 1.165) is 12.7 Å². The van der Waals surface area contributed by atoms with Crippen LogP contribution in [0, 0.1) is 11.3 Å². The van der Waals surface area contributed by atoms with Crippen LogP contribution in [0.4, 0.5) is 0 Å². The number of Topliss-reactive ketones (excluding diaryl/α,β-unsaturated/α-hetero) is 1. The summed E-state index contributed by atoms with van der Waals surface area (Å²) in [5.74, 6) is 0.817. The third kappa shape index (κ3) is 1.74. The monoisotopic (exact) mass is 168 g/mol. The second-order valence-electron chi connectivity index (χ2n) is 4.18. The van der Waals surface area contributed by atoms with Gasteiger partial charge in [-0.05, 0) is 17.8 Å². The maximum absolute atomic E-state index is 11.2. The highest BCUT2D eigenvalue weighted by Gasteiger charge is 2.36. The lowest BCUT2D eigenvalue weighted by atomic mass is 9.66. The van der Waals surface area contributed by atoms with Gasteiger partial charge in [0.2, 0.25) is 0 Å². The van der Waals surface area contributed by atoms with Gasteiger partial charge >= 0.3 is 0 Å². The van der Waals surface area contributed by atoms with Crippen LogP contribution in [-0.4, -0.2) is 12.1 Å². The Kier molecular flexibility index (Phi) is 2.65. The Morgan fingerprint density at radius 2 is 2.33 bits per heavy atom. The van der Waals surface area contributed by atoms with Crippen LogP contribution < -0.4 is 0 Å². The highest BCUT2D eigenvalue weighted by molar-refractivity contribution is 5.80. The van der Waals surface area contributed by atoms with E-state index in [-0.39, 0.29) is 5.41 Å². The lowest BCUT2D eigenvalue weighted by molar-refractivity contribution is -0.126. The second-order valence-corrected chi connectivity index (χ2v) is 4.18. The average Bonchev–Trinajstić information content (AvgIpc) is 1.98. The molecule has 1 aliphatic carbocycles. The van der Waals surface area contributed by atoms with Crippen LogP contribution >= 0.6 is 0 Å². The number of hydrogen-bond donors (Lipinski definition) is 0. The maximum Gasteiger partial charge on any atom is 0.133 e. The van der Waals surface area contributed by atoms with Gasteiger partial charge in [-0.25, -0.2) is 0 Å². The summed E-state index contributed by atoms with van der Waals surface area (Å²) in [5, 5.41) is 0. The molecule has 12 heavy (non-hydrogen) atoms. The quantitative estimate of drug-likeness (QED) is 0.591. The molecule has 0 saturated heterocycles. The van der Waals surface area contributed by atoms with E-state index >= 15 is 0 Å². The summed E-state index contributed by atoms with van der Waals surface area (Å²) < 4.78 is 0. The predicted octanol–water partition coefficient (Wildman–Crippen LogP) is 1.97. The highest BCUT2D eigenvalue weighted by atomic mass is 16.1. The molecule has 0 bridgehead atoms. The smallest absolute Gasteiger partial charge is 0.133 e. The van der Waals surface area contributed by atoms with Crippen molar-refractivity contribution >= 4 is 12.1 Å². The Labute approximate surface area is 73.3 Å². The number of carbonyl (C=O) groups is 2. The number of hydrogen-bond acceptors (Lipinski definition) is 2. The summed E-state index contributed by atoms with van der Waals surface area (Å²) in [6, 6.07) is 0. The molecular weight excluding hydrogens is 152 g/mol. The van der Waals surface area contributed by atoms with Crippen molar-refractivity contribution in [1.82, 2.24) is 0 Å². The molecule has 1 saturated carbocycles. The van der Waals surface area contributed by atoms with Gasteiger partial charge in [0.15, 0.2) is 0 Å². The van der Waals surface area contributed by atoms with Crippen LogP contribution in [0.5, 0.6) is 0 Å². The summed E-state index contributed by atoms with van der Waals surface area (Å²) >= 11 is 0. The van der Waals surface area contributed by atoms with E-state index in [0.29, 0.717) is 31.0 Å². The zero-order chi connectivity index (χ0) is 9.19. The van der Waals surface area contributed by atoms with Crippen molar-refractivity contribution in [2.24, 2.45) is 11.3 Å². The third-order valence-corrected chi connectivity index (χ3v) is 3.20. The Bertz CT molecular complexity index is 198. The Hall–Kier alpha value is -0.660. The Morgan fingerprint density at radius 3 is 2.92 bits per heavy atom. The molecule has 0 aromatic carbocycles. The minimum atomic E-state index is -0.0584.